The van der Waals surface area contributed by atoms with Crippen LogP contribution in [0.5, 0.6) is 0 Å². The summed E-state index contributed by atoms with van der Waals surface area (Å²) in [5.74, 6) is 0.234. The number of nitrogens with zero attached hydrogens (tertiary/aromatic N) is 4. The average molecular weight is 455 g/mol. The number of hydrogen-bond donors (Lipinski definition) is 0. The van der Waals surface area contributed by atoms with Crippen molar-refractivity contribution in [1.29, 1.82) is 0 Å². The Balaban J connectivity index is 1.15. The van der Waals surface area contributed by atoms with Gasteiger partial charge in [0.05, 0.1) is 5.56 Å². The molecule has 0 aliphatic carbocycles. The van der Waals surface area contributed by atoms with Gasteiger partial charge in [0.15, 0.2) is 0 Å². The van der Waals surface area contributed by atoms with E-state index < -0.39 is 0 Å². The zero-order valence-electron chi connectivity index (χ0n) is 19.8. The van der Waals surface area contributed by atoms with E-state index in [2.05, 4.69) is 18.2 Å². The SMILES string of the molecule is Cn1cc(C(=O)N2CCC3(CCN(C(=O)c4cc5ccccc5n4C)CC3)C2)c2ccccc21. The average Bonchev–Trinajstić information content (AvgIpc) is 3.54. The van der Waals surface area contributed by atoms with Gasteiger partial charge in [-0.05, 0) is 42.9 Å². The number of aryl methyl sites for hydroxylation is 2. The van der Waals surface area contributed by atoms with E-state index in [-0.39, 0.29) is 17.2 Å². The lowest BCUT2D eigenvalue weighted by Gasteiger charge is -2.39. The Morgan fingerprint density at radius 2 is 1.44 bits per heavy atom. The normalized spacial score (nSPS) is 17.8. The second kappa shape index (κ2) is 7.76. The van der Waals surface area contributed by atoms with Gasteiger partial charge in [-0.15, -0.1) is 0 Å². The van der Waals surface area contributed by atoms with Crippen LogP contribution in [0.15, 0.2) is 60.8 Å². The molecule has 6 rings (SSSR count). The summed E-state index contributed by atoms with van der Waals surface area (Å²) in [4.78, 5) is 30.8. The van der Waals surface area contributed by atoms with Gasteiger partial charge in [-0.1, -0.05) is 36.4 Å². The Labute approximate surface area is 199 Å². The highest BCUT2D eigenvalue weighted by Crippen LogP contribution is 2.41. The standard InChI is InChI=1S/C28H30N4O2/c1-29-18-22(21-8-4-6-10-24(21)29)26(33)32-16-13-28(19-32)11-14-31(15-12-28)27(34)25-17-20-7-3-5-9-23(20)30(25)2/h3-10,17-18H,11-16,19H2,1-2H3. The fourth-order valence-electron chi connectivity index (χ4n) is 6.04. The predicted octanol–water partition coefficient (Wildman–Crippen LogP) is 4.44. The third-order valence-corrected chi connectivity index (χ3v) is 8.14. The van der Waals surface area contributed by atoms with Crippen LogP contribution < -0.4 is 0 Å². The zero-order chi connectivity index (χ0) is 23.4. The molecule has 6 heteroatoms. The summed E-state index contributed by atoms with van der Waals surface area (Å²) in [7, 11) is 3.96. The molecule has 1 spiro atoms. The number of benzene rings is 2. The molecule has 0 saturated carbocycles. The van der Waals surface area contributed by atoms with Crippen LogP contribution in [0, 0.1) is 5.41 Å². The van der Waals surface area contributed by atoms with Crippen molar-refractivity contribution >= 4 is 33.6 Å². The molecule has 2 amide bonds. The number of carbonyl (C=O) groups excluding carboxylic acids is 2. The molecule has 6 nitrogen and oxygen atoms in total. The summed E-state index contributed by atoms with van der Waals surface area (Å²) in [5.41, 5.74) is 3.82. The van der Waals surface area contributed by atoms with Gasteiger partial charge in [0.2, 0.25) is 0 Å². The van der Waals surface area contributed by atoms with Gasteiger partial charge < -0.3 is 18.9 Å². The summed E-state index contributed by atoms with van der Waals surface area (Å²) in [6.07, 6.45) is 4.87. The third kappa shape index (κ3) is 3.23. The summed E-state index contributed by atoms with van der Waals surface area (Å²) in [6.45, 7) is 3.07. The molecule has 0 unspecified atom stereocenters. The van der Waals surface area contributed by atoms with Crippen LogP contribution in [0.1, 0.15) is 40.1 Å². The first kappa shape index (κ1) is 21.0. The molecule has 0 atom stereocenters. The first-order chi connectivity index (χ1) is 16.5. The van der Waals surface area contributed by atoms with Crippen LogP contribution in [0.3, 0.4) is 0 Å². The van der Waals surface area contributed by atoms with E-state index in [1.165, 1.54) is 0 Å². The second-order valence-electron chi connectivity index (χ2n) is 10.1. The molecule has 2 saturated heterocycles. The third-order valence-electron chi connectivity index (χ3n) is 8.14. The fraction of sp³-hybridized carbons (Fsp3) is 0.357. The van der Waals surface area contributed by atoms with Crippen molar-refractivity contribution in [1.82, 2.24) is 18.9 Å². The van der Waals surface area contributed by atoms with E-state index >= 15 is 0 Å². The van der Waals surface area contributed by atoms with Crippen molar-refractivity contribution in [2.45, 2.75) is 19.3 Å². The topological polar surface area (TPSA) is 50.5 Å². The van der Waals surface area contributed by atoms with E-state index in [9.17, 15) is 9.59 Å². The number of aromatic nitrogens is 2. The van der Waals surface area contributed by atoms with Crippen LogP contribution in [0.2, 0.25) is 0 Å². The van der Waals surface area contributed by atoms with Crippen molar-refractivity contribution in [3.05, 3.63) is 72.1 Å². The minimum atomic E-state index is 0.107. The fourth-order valence-corrected chi connectivity index (χ4v) is 6.04. The van der Waals surface area contributed by atoms with Gasteiger partial charge in [0.25, 0.3) is 11.8 Å². The molecular formula is C28H30N4O2. The quantitative estimate of drug-likeness (QED) is 0.450. The lowest BCUT2D eigenvalue weighted by Crippen LogP contribution is -2.45. The molecule has 2 aromatic heterocycles. The maximum Gasteiger partial charge on any atom is 0.270 e. The lowest BCUT2D eigenvalue weighted by molar-refractivity contribution is 0.0558. The number of carbonyl (C=O) groups is 2. The number of para-hydroxylation sites is 2. The van der Waals surface area contributed by atoms with E-state index in [1.54, 1.807) is 0 Å². The van der Waals surface area contributed by atoms with Crippen LogP contribution in [-0.2, 0) is 14.1 Å². The van der Waals surface area contributed by atoms with Crippen molar-refractivity contribution in [2.75, 3.05) is 26.2 Å². The highest BCUT2D eigenvalue weighted by atomic mass is 16.2. The molecule has 0 N–H and O–H groups in total. The van der Waals surface area contributed by atoms with Gasteiger partial charge in [-0.3, -0.25) is 9.59 Å². The molecule has 0 radical (unpaired) electrons. The molecule has 2 fully saturated rings. The number of likely N-dealkylation sites (tertiary alicyclic amines) is 2. The summed E-state index contributed by atoms with van der Waals surface area (Å²) in [6, 6.07) is 18.2. The molecular weight excluding hydrogens is 424 g/mol. The first-order valence-electron chi connectivity index (χ1n) is 12.1. The van der Waals surface area contributed by atoms with Crippen molar-refractivity contribution in [2.24, 2.45) is 19.5 Å². The molecule has 0 bridgehead atoms. The van der Waals surface area contributed by atoms with Crippen LogP contribution in [0.4, 0.5) is 0 Å². The number of piperidine rings is 1. The van der Waals surface area contributed by atoms with Crippen molar-refractivity contribution < 1.29 is 9.59 Å². The van der Waals surface area contributed by atoms with Gasteiger partial charge in [-0.2, -0.15) is 0 Å². The number of rotatable bonds is 2. The highest BCUT2D eigenvalue weighted by Gasteiger charge is 2.43. The Hall–Kier alpha value is -3.54. The lowest BCUT2D eigenvalue weighted by atomic mass is 9.77. The van der Waals surface area contributed by atoms with Crippen molar-refractivity contribution in [3.8, 4) is 0 Å². The van der Waals surface area contributed by atoms with Crippen LogP contribution in [-0.4, -0.2) is 56.9 Å². The largest absolute Gasteiger partial charge is 0.350 e. The van der Waals surface area contributed by atoms with Gasteiger partial charge in [0.1, 0.15) is 5.69 Å². The second-order valence-corrected chi connectivity index (χ2v) is 10.1. The van der Waals surface area contributed by atoms with E-state index in [1.807, 2.05) is 75.6 Å². The van der Waals surface area contributed by atoms with Gasteiger partial charge in [0, 0.05) is 68.3 Å². The van der Waals surface area contributed by atoms with Gasteiger partial charge in [-0.25, -0.2) is 0 Å². The Kier molecular flexibility index (Phi) is 4.80. The Morgan fingerprint density at radius 1 is 0.794 bits per heavy atom. The smallest absolute Gasteiger partial charge is 0.270 e. The molecule has 2 aliphatic heterocycles. The van der Waals surface area contributed by atoms with E-state index in [0.717, 1.165) is 78.5 Å². The Morgan fingerprint density at radius 3 is 2.18 bits per heavy atom. The van der Waals surface area contributed by atoms with E-state index in [0.29, 0.717) is 0 Å². The number of fused-ring (bicyclic) bond motifs is 2. The molecule has 174 valence electrons. The number of hydrogen-bond acceptors (Lipinski definition) is 2. The minimum absolute atomic E-state index is 0.107. The number of amides is 2. The predicted molar refractivity (Wildman–Crippen MR) is 134 cm³/mol. The van der Waals surface area contributed by atoms with Gasteiger partial charge >= 0.3 is 0 Å². The van der Waals surface area contributed by atoms with E-state index in [4.69, 9.17) is 0 Å². The Bertz CT molecular complexity index is 1420. The molecule has 4 heterocycles. The van der Waals surface area contributed by atoms with Crippen LogP contribution in [0.25, 0.3) is 21.8 Å². The maximum atomic E-state index is 13.4. The zero-order valence-corrected chi connectivity index (χ0v) is 19.8. The molecule has 2 aliphatic rings. The summed E-state index contributed by atoms with van der Waals surface area (Å²) < 4.78 is 4.04. The molecule has 4 aromatic rings. The molecule has 2 aromatic carbocycles. The molecule has 34 heavy (non-hydrogen) atoms. The highest BCUT2D eigenvalue weighted by molar-refractivity contribution is 6.07. The monoisotopic (exact) mass is 454 g/mol. The maximum absolute atomic E-state index is 13.4. The van der Waals surface area contributed by atoms with Crippen LogP contribution >= 0.6 is 0 Å². The minimum Gasteiger partial charge on any atom is -0.350 e. The first-order valence-corrected chi connectivity index (χ1v) is 12.1. The van der Waals surface area contributed by atoms with Crippen molar-refractivity contribution in [3.63, 3.8) is 0 Å². The summed E-state index contributed by atoms with van der Waals surface area (Å²) in [5, 5.41) is 2.12. The summed E-state index contributed by atoms with van der Waals surface area (Å²) >= 11 is 0.